The molecule has 0 unspecified atom stereocenters. The average molecular weight is 389 g/mol. The summed E-state index contributed by atoms with van der Waals surface area (Å²) in [5.41, 5.74) is 0.0341. The number of halogens is 1. The molecule has 0 atom stereocenters. The van der Waals surface area contributed by atoms with Gasteiger partial charge in [-0.25, -0.2) is 9.37 Å². The summed E-state index contributed by atoms with van der Waals surface area (Å²) in [6.07, 6.45) is 2.51. The Kier molecular flexibility index (Phi) is 4.88. The van der Waals surface area contributed by atoms with E-state index >= 15 is 0 Å². The van der Waals surface area contributed by atoms with Crippen LogP contribution in [0, 0.1) is 24.1 Å². The van der Waals surface area contributed by atoms with Gasteiger partial charge >= 0.3 is 0 Å². The van der Waals surface area contributed by atoms with Gasteiger partial charge in [-0.05, 0) is 43.7 Å². The van der Waals surface area contributed by atoms with E-state index in [0.717, 1.165) is 36.9 Å². The van der Waals surface area contributed by atoms with Gasteiger partial charge in [-0.2, -0.15) is 4.37 Å². The highest BCUT2D eigenvalue weighted by atomic mass is 32.1. The number of hydrogen-bond donors (Lipinski definition) is 0. The highest BCUT2D eigenvalue weighted by Crippen LogP contribution is 2.40. The molecule has 1 aromatic carbocycles. The molecule has 7 heteroatoms. The lowest BCUT2D eigenvalue weighted by atomic mass is 9.73. The van der Waals surface area contributed by atoms with Crippen LogP contribution < -0.4 is 4.90 Å². The lowest BCUT2D eigenvalue weighted by molar-refractivity contribution is -0.145. The van der Waals surface area contributed by atoms with Gasteiger partial charge in [-0.15, -0.1) is 0 Å². The van der Waals surface area contributed by atoms with Crippen molar-refractivity contribution in [2.45, 2.75) is 33.1 Å². The van der Waals surface area contributed by atoms with E-state index in [1.165, 1.54) is 17.6 Å². The number of nitrogens with zero attached hydrogens (tertiary/aromatic N) is 4. The molecule has 0 spiro atoms. The second-order valence-electron chi connectivity index (χ2n) is 8.00. The van der Waals surface area contributed by atoms with Crippen LogP contribution in [0.2, 0.25) is 0 Å². The minimum atomic E-state index is -0.581. The van der Waals surface area contributed by atoms with E-state index in [4.69, 9.17) is 0 Å². The molecule has 1 amide bonds. The third kappa shape index (κ3) is 3.57. The number of amides is 1. The van der Waals surface area contributed by atoms with Gasteiger partial charge in [0, 0.05) is 37.7 Å². The first kappa shape index (κ1) is 18.3. The first-order valence-electron chi connectivity index (χ1n) is 9.55. The van der Waals surface area contributed by atoms with Crippen LogP contribution >= 0.6 is 11.5 Å². The molecule has 0 N–H and O–H groups in total. The highest BCUT2D eigenvalue weighted by molar-refractivity contribution is 7.09. The smallest absolute Gasteiger partial charge is 0.232 e. The van der Waals surface area contributed by atoms with E-state index in [-0.39, 0.29) is 11.7 Å². The molecular weight excluding hydrogens is 363 g/mol. The van der Waals surface area contributed by atoms with E-state index in [1.54, 1.807) is 12.1 Å². The minimum Gasteiger partial charge on any atom is -0.345 e. The van der Waals surface area contributed by atoms with Crippen molar-refractivity contribution in [3.05, 3.63) is 41.5 Å². The fourth-order valence-electron chi connectivity index (χ4n) is 4.11. The summed E-state index contributed by atoms with van der Waals surface area (Å²) < 4.78 is 18.5. The quantitative estimate of drug-likeness (QED) is 0.806. The number of hydrogen-bond acceptors (Lipinski definition) is 5. The fraction of sp³-hybridized carbons (Fsp3) is 0.550. The summed E-state index contributed by atoms with van der Waals surface area (Å²) in [6.45, 7) is 6.85. The van der Waals surface area contributed by atoms with Crippen molar-refractivity contribution in [1.82, 2.24) is 14.3 Å². The van der Waals surface area contributed by atoms with Crippen LogP contribution in [-0.2, 0) is 11.2 Å². The molecular formula is C20H25FN4OS. The first-order valence-corrected chi connectivity index (χ1v) is 10.3. The molecule has 0 bridgehead atoms. The SMILES string of the molecule is Cc1nsc(N2CC(Cc3ccccc3F)(C(=O)N3CCC(C)CC3)C2)n1. The Labute approximate surface area is 163 Å². The van der Waals surface area contributed by atoms with Crippen LogP contribution in [-0.4, -0.2) is 46.3 Å². The molecule has 2 aliphatic heterocycles. The summed E-state index contributed by atoms with van der Waals surface area (Å²) in [6, 6.07) is 6.79. The summed E-state index contributed by atoms with van der Waals surface area (Å²) >= 11 is 1.36. The van der Waals surface area contributed by atoms with Gasteiger partial charge in [0.15, 0.2) is 0 Å². The Morgan fingerprint density at radius 3 is 2.63 bits per heavy atom. The molecule has 0 radical (unpaired) electrons. The third-order valence-corrected chi connectivity index (χ3v) is 6.65. The lowest BCUT2D eigenvalue weighted by Crippen LogP contribution is -2.65. The number of carbonyl (C=O) groups is 1. The van der Waals surface area contributed by atoms with E-state index in [1.807, 2.05) is 17.9 Å². The monoisotopic (exact) mass is 388 g/mol. The molecule has 5 nitrogen and oxygen atoms in total. The summed E-state index contributed by atoms with van der Waals surface area (Å²) in [5, 5.41) is 0.844. The van der Waals surface area contributed by atoms with Crippen molar-refractivity contribution in [1.29, 1.82) is 0 Å². The zero-order valence-corrected chi connectivity index (χ0v) is 16.6. The Bertz CT molecular complexity index is 825. The largest absolute Gasteiger partial charge is 0.345 e. The minimum absolute atomic E-state index is 0.162. The normalized spacial score (nSPS) is 19.8. The van der Waals surface area contributed by atoms with Crippen molar-refractivity contribution in [2.24, 2.45) is 11.3 Å². The summed E-state index contributed by atoms with van der Waals surface area (Å²) in [5.74, 6) is 1.34. The van der Waals surface area contributed by atoms with Crippen LogP contribution in [0.15, 0.2) is 24.3 Å². The van der Waals surface area contributed by atoms with E-state index in [9.17, 15) is 9.18 Å². The molecule has 3 heterocycles. The van der Waals surface area contributed by atoms with Gasteiger partial charge in [0.2, 0.25) is 11.0 Å². The molecule has 2 aliphatic rings. The number of aromatic nitrogens is 2. The molecule has 0 aliphatic carbocycles. The van der Waals surface area contributed by atoms with Gasteiger partial charge in [0.1, 0.15) is 11.6 Å². The van der Waals surface area contributed by atoms with Crippen molar-refractivity contribution >= 4 is 22.6 Å². The number of anilines is 1. The first-order chi connectivity index (χ1) is 13.0. The lowest BCUT2D eigenvalue weighted by Gasteiger charge is -2.51. The second-order valence-corrected chi connectivity index (χ2v) is 8.73. The number of likely N-dealkylation sites (tertiary alicyclic amines) is 1. The van der Waals surface area contributed by atoms with E-state index in [2.05, 4.69) is 21.2 Å². The predicted molar refractivity (Wildman–Crippen MR) is 104 cm³/mol. The zero-order chi connectivity index (χ0) is 19.0. The molecule has 4 rings (SSSR count). The molecule has 2 aromatic rings. The van der Waals surface area contributed by atoms with Crippen LogP contribution in [0.3, 0.4) is 0 Å². The van der Waals surface area contributed by atoms with E-state index in [0.29, 0.717) is 31.0 Å². The number of piperidine rings is 1. The van der Waals surface area contributed by atoms with Crippen molar-refractivity contribution < 1.29 is 9.18 Å². The number of benzene rings is 1. The van der Waals surface area contributed by atoms with Crippen LogP contribution in [0.25, 0.3) is 0 Å². The van der Waals surface area contributed by atoms with Crippen molar-refractivity contribution in [3.63, 3.8) is 0 Å². The summed E-state index contributed by atoms with van der Waals surface area (Å²) in [4.78, 5) is 22.0. The maximum atomic E-state index is 14.3. The Hall–Kier alpha value is -2.02. The number of carbonyl (C=O) groups excluding carboxylic acids is 1. The third-order valence-electron chi connectivity index (χ3n) is 5.79. The van der Waals surface area contributed by atoms with Gasteiger partial charge in [0.05, 0.1) is 5.41 Å². The average Bonchev–Trinajstić information content (AvgIpc) is 3.05. The van der Waals surface area contributed by atoms with Gasteiger partial charge < -0.3 is 9.80 Å². The second kappa shape index (κ2) is 7.19. The highest BCUT2D eigenvalue weighted by Gasteiger charge is 2.52. The zero-order valence-electron chi connectivity index (χ0n) is 15.8. The molecule has 0 saturated carbocycles. The predicted octanol–water partition coefficient (Wildman–Crippen LogP) is 3.29. The molecule has 2 fully saturated rings. The Balaban J connectivity index is 1.56. The van der Waals surface area contributed by atoms with Crippen LogP contribution in [0.1, 0.15) is 31.2 Å². The molecule has 1 aromatic heterocycles. The fourth-order valence-corrected chi connectivity index (χ4v) is 4.78. The number of rotatable bonds is 4. The maximum Gasteiger partial charge on any atom is 0.232 e. The summed E-state index contributed by atoms with van der Waals surface area (Å²) in [7, 11) is 0. The topological polar surface area (TPSA) is 49.3 Å². The Morgan fingerprint density at radius 1 is 1.30 bits per heavy atom. The van der Waals surface area contributed by atoms with E-state index < -0.39 is 5.41 Å². The van der Waals surface area contributed by atoms with Gasteiger partial charge in [-0.3, -0.25) is 4.79 Å². The van der Waals surface area contributed by atoms with Crippen molar-refractivity contribution in [3.8, 4) is 0 Å². The standard InChI is InChI=1S/C20H25FN4OS/c1-14-7-9-24(10-8-14)18(26)20(11-16-5-3-4-6-17(16)21)12-25(13-20)19-22-15(2)23-27-19/h3-6,14H,7-13H2,1-2H3. The van der Waals surface area contributed by atoms with Crippen molar-refractivity contribution in [2.75, 3.05) is 31.1 Å². The molecule has 2 saturated heterocycles. The van der Waals surface area contributed by atoms with Crippen LogP contribution in [0.5, 0.6) is 0 Å². The van der Waals surface area contributed by atoms with Gasteiger partial charge in [-0.1, -0.05) is 25.1 Å². The number of aryl methyl sites for hydroxylation is 1. The molecule has 27 heavy (non-hydrogen) atoms. The Morgan fingerprint density at radius 2 is 2.00 bits per heavy atom. The van der Waals surface area contributed by atoms with Crippen LogP contribution in [0.4, 0.5) is 9.52 Å². The van der Waals surface area contributed by atoms with Gasteiger partial charge in [0.25, 0.3) is 0 Å². The maximum absolute atomic E-state index is 14.3. The molecule has 144 valence electrons.